The maximum Gasteiger partial charge on any atom is 0.309 e. The quantitative estimate of drug-likeness (QED) is 0.742. The first kappa shape index (κ1) is 13.0. The average molecular weight is 227 g/mol. The summed E-state index contributed by atoms with van der Waals surface area (Å²) in [6, 6.07) is 0. The van der Waals surface area contributed by atoms with Gasteiger partial charge in [0.15, 0.2) is 0 Å². The van der Waals surface area contributed by atoms with Crippen molar-refractivity contribution in [1.82, 2.24) is 4.90 Å². The number of carboxylic acids is 1. The molecule has 0 aromatic heterocycles. The molecule has 0 radical (unpaired) electrons. The Labute approximate surface area is 96.6 Å². The molecule has 0 aliphatic carbocycles. The van der Waals surface area contributed by atoms with Gasteiger partial charge < -0.3 is 10.0 Å². The van der Waals surface area contributed by atoms with Gasteiger partial charge in [-0.1, -0.05) is 20.8 Å². The number of carbonyl (C=O) groups excluding carboxylic acids is 1. The molecule has 1 aliphatic rings. The van der Waals surface area contributed by atoms with Crippen molar-refractivity contribution >= 4 is 11.9 Å². The minimum Gasteiger partial charge on any atom is -0.481 e. The highest BCUT2D eigenvalue weighted by molar-refractivity contribution is 5.82. The highest BCUT2D eigenvalue weighted by Gasteiger charge is 2.39. The number of rotatable bonds is 1. The molecule has 92 valence electrons. The topological polar surface area (TPSA) is 57.6 Å². The van der Waals surface area contributed by atoms with Gasteiger partial charge in [0, 0.05) is 18.5 Å². The number of carbonyl (C=O) groups is 2. The van der Waals surface area contributed by atoms with Crippen LogP contribution in [-0.2, 0) is 9.59 Å². The van der Waals surface area contributed by atoms with Gasteiger partial charge in [0.1, 0.15) is 0 Å². The van der Waals surface area contributed by atoms with Crippen LogP contribution >= 0.6 is 0 Å². The summed E-state index contributed by atoms with van der Waals surface area (Å²) >= 11 is 0. The second-order valence-corrected chi connectivity index (χ2v) is 5.91. The number of hydrogen-bond acceptors (Lipinski definition) is 2. The van der Waals surface area contributed by atoms with E-state index in [-0.39, 0.29) is 11.3 Å². The molecule has 0 aromatic carbocycles. The molecule has 0 bridgehead atoms. The summed E-state index contributed by atoms with van der Waals surface area (Å²) in [5.41, 5.74) is -1.04. The van der Waals surface area contributed by atoms with E-state index in [1.807, 2.05) is 20.8 Å². The van der Waals surface area contributed by atoms with Gasteiger partial charge >= 0.3 is 5.97 Å². The Hall–Kier alpha value is -1.06. The molecule has 0 aromatic rings. The molecule has 1 fully saturated rings. The van der Waals surface area contributed by atoms with Crippen molar-refractivity contribution < 1.29 is 14.7 Å². The van der Waals surface area contributed by atoms with Crippen molar-refractivity contribution in [2.45, 2.75) is 40.5 Å². The first-order valence-corrected chi connectivity index (χ1v) is 5.70. The van der Waals surface area contributed by atoms with Crippen LogP contribution in [0.2, 0.25) is 0 Å². The van der Waals surface area contributed by atoms with E-state index in [0.717, 1.165) is 0 Å². The van der Waals surface area contributed by atoms with E-state index in [1.54, 1.807) is 11.8 Å². The van der Waals surface area contributed by atoms with Crippen LogP contribution in [0.25, 0.3) is 0 Å². The molecular weight excluding hydrogens is 206 g/mol. The zero-order chi connectivity index (χ0) is 12.6. The summed E-state index contributed by atoms with van der Waals surface area (Å²) in [4.78, 5) is 24.8. The molecule has 0 spiro atoms. The van der Waals surface area contributed by atoms with Crippen LogP contribution in [0, 0.1) is 10.8 Å². The highest BCUT2D eigenvalue weighted by Crippen LogP contribution is 2.32. The SMILES string of the molecule is CC(C)(C)C(=O)N1CCC(C)(C(=O)O)CC1. The number of nitrogens with zero attached hydrogens (tertiary/aromatic N) is 1. The predicted octanol–water partition coefficient (Wildman–Crippen LogP) is 1.75. The molecule has 4 heteroatoms. The summed E-state index contributed by atoms with van der Waals surface area (Å²) in [5.74, 6) is -0.643. The van der Waals surface area contributed by atoms with E-state index in [9.17, 15) is 9.59 Å². The van der Waals surface area contributed by atoms with Crippen LogP contribution in [0.15, 0.2) is 0 Å². The lowest BCUT2D eigenvalue weighted by Gasteiger charge is -2.39. The highest BCUT2D eigenvalue weighted by atomic mass is 16.4. The molecule has 1 N–H and O–H groups in total. The maximum atomic E-state index is 12.0. The van der Waals surface area contributed by atoms with E-state index >= 15 is 0 Å². The van der Waals surface area contributed by atoms with Gasteiger partial charge in [0.25, 0.3) is 0 Å². The number of amides is 1. The van der Waals surface area contributed by atoms with E-state index in [2.05, 4.69) is 0 Å². The molecular formula is C12H21NO3. The van der Waals surface area contributed by atoms with E-state index < -0.39 is 11.4 Å². The Morgan fingerprint density at radius 3 is 1.94 bits per heavy atom. The van der Waals surface area contributed by atoms with Crippen LogP contribution in [-0.4, -0.2) is 35.0 Å². The van der Waals surface area contributed by atoms with Crippen LogP contribution in [0.4, 0.5) is 0 Å². The second kappa shape index (κ2) is 4.07. The van der Waals surface area contributed by atoms with Crippen molar-refractivity contribution in [1.29, 1.82) is 0 Å². The van der Waals surface area contributed by atoms with Crippen molar-refractivity contribution in [3.63, 3.8) is 0 Å². The van der Waals surface area contributed by atoms with Crippen molar-refractivity contribution in [3.05, 3.63) is 0 Å². The summed E-state index contributed by atoms with van der Waals surface area (Å²) in [6.45, 7) is 8.53. The van der Waals surface area contributed by atoms with Gasteiger partial charge in [0.2, 0.25) is 5.91 Å². The van der Waals surface area contributed by atoms with Gasteiger partial charge in [-0.15, -0.1) is 0 Å². The Kier molecular flexibility index (Phi) is 3.31. The van der Waals surface area contributed by atoms with Crippen LogP contribution < -0.4 is 0 Å². The Morgan fingerprint density at radius 1 is 1.19 bits per heavy atom. The summed E-state index contributed by atoms with van der Waals surface area (Å²) in [5, 5.41) is 9.08. The lowest BCUT2D eigenvalue weighted by Crippen LogP contribution is -2.48. The van der Waals surface area contributed by atoms with E-state index in [4.69, 9.17) is 5.11 Å². The average Bonchev–Trinajstić information content (AvgIpc) is 2.16. The second-order valence-electron chi connectivity index (χ2n) is 5.91. The van der Waals surface area contributed by atoms with Gasteiger partial charge in [-0.3, -0.25) is 9.59 Å². The minimum absolute atomic E-state index is 0.111. The zero-order valence-electron chi connectivity index (χ0n) is 10.5. The Bertz CT molecular complexity index is 296. The lowest BCUT2D eigenvalue weighted by atomic mass is 9.80. The Morgan fingerprint density at radius 2 is 1.62 bits per heavy atom. The molecule has 4 nitrogen and oxygen atoms in total. The first-order chi connectivity index (χ1) is 7.17. The molecule has 16 heavy (non-hydrogen) atoms. The molecule has 1 rings (SSSR count). The van der Waals surface area contributed by atoms with Gasteiger partial charge in [-0.05, 0) is 19.8 Å². The molecule has 0 unspecified atom stereocenters. The molecule has 0 atom stereocenters. The van der Waals surface area contributed by atoms with Crippen molar-refractivity contribution in [2.24, 2.45) is 10.8 Å². The normalized spacial score (nSPS) is 20.6. The number of hydrogen-bond donors (Lipinski definition) is 1. The Balaban J connectivity index is 2.63. The molecule has 1 saturated heterocycles. The number of piperidine rings is 1. The first-order valence-electron chi connectivity index (χ1n) is 5.70. The molecule has 1 heterocycles. The third-order valence-electron chi connectivity index (χ3n) is 3.31. The van der Waals surface area contributed by atoms with Gasteiger partial charge in [-0.2, -0.15) is 0 Å². The fourth-order valence-electron chi connectivity index (χ4n) is 1.89. The molecule has 0 saturated carbocycles. The van der Waals surface area contributed by atoms with Crippen molar-refractivity contribution in [3.8, 4) is 0 Å². The zero-order valence-corrected chi connectivity index (χ0v) is 10.5. The van der Waals surface area contributed by atoms with Crippen LogP contribution in [0.5, 0.6) is 0 Å². The summed E-state index contributed by atoms with van der Waals surface area (Å²) in [6.07, 6.45) is 1.09. The van der Waals surface area contributed by atoms with Crippen molar-refractivity contribution in [2.75, 3.05) is 13.1 Å². The minimum atomic E-state index is -0.754. The lowest BCUT2D eigenvalue weighted by molar-refractivity contribution is -0.154. The fraction of sp³-hybridized carbons (Fsp3) is 0.833. The number of likely N-dealkylation sites (tertiary alicyclic amines) is 1. The van der Waals surface area contributed by atoms with Crippen LogP contribution in [0.1, 0.15) is 40.5 Å². The standard InChI is InChI=1S/C12H21NO3/c1-11(2,3)9(14)13-7-5-12(4,6-8-13)10(15)16/h5-8H2,1-4H3,(H,15,16). The van der Waals surface area contributed by atoms with E-state index in [0.29, 0.717) is 25.9 Å². The molecule has 1 aliphatic heterocycles. The number of aliphatic carboxylic acids is 1. The predicted molar refractivity (Wildman–Crippen MR) is 61.0 cm³/mol. The largest absolute Gasteiger partial charge is 0.481 e. The monoisotopic (exact) mass is 227 g/mol. The van der Waals surface area contributed by atoms with Gasteiger partial charge in [-0.25, -0.2) is 0 Å². The fourth-order valence-corrected chi connectivity index (χ4v) is 1.89. The maximum absolute atomic E-state index is 12.0. The smallest absolute Gasteiger partial charge is 0.309 e. The summed E-state index contributed by atoms with van der Waals surface area (Å²) < 4.78 is 0. The summed E-state index contributed by atoms with van der Waals surface area (Å²) in [7, 11) is 0. The van der Waals surface area contributed by atoms with E-state index in [1.165, 1.54) is 0 Å². The third kappa shape index (κ3) is 2.54. The third-order valence-corrected chi connectivity index (χ3v) is 3.31. The molecule has 1 amide bonds. The van der Waals surface area contributed by atoms with Gasteiger partial charge in [0.05, 0.1) is 5.41 Å². The number of carboxylic acid groups (broad SMARTS) is 1. The van der Waals surface area contributed by atoms with Crippen LogP contribution in [0.3, 0.4) is 0 Å².